The first-order chi connectivity index (χ1) is 14.4. The normalized spacial score (nSPS) is 16.8. The Kier molecular flexibility index (Phi) is 6.14. The largest absolute Gasteiger partial charge is 0.369 e. The first kappa shape index (κ1) is 21.3. The lowest BCUT2D eigenvalue weighted by Crippen LogP contribution is -2.49. The quantitative estimate of drug-likeness (QED) is 0.549. The smallest absolute Gasteiger partial charge is 0.174 e. The average molecular weight is 445 g/mol. The van der Waals surface area contributed by atoms with Gasteiger partial charge in [0.1, 0.15) is 6.04 Å². The predicted octanol–water partition coefficient (Wildman–Crippen LogP) is 4.75. The van der Waals surface area contributed by atoms with Crippen LogP contribution in [0.5, 0.6) is 0 Å². The van der Waals surface area contributed by atoms with E-state index in [1.54, 1.807) is 11.3 Å². The van der Waals surface area contributed by atoms with Crippen molar-refractivity contribution in [3.8, 4) is 0 Å². The molecule has 30 heavy (non-hydrogen) atoms. The minimum atomic E-state index is -0.131. The van der Waals surface area contributed by atoms with E-state index in [1.807, 2.05) is 10.7 Å². The van der Waals surface area contributed by atoms with Gasteiger partial charge in [0.25, 0.3) is 0 Å². The molecule has 0 radical (unpaired) electrons. The first-order valence-electron chi connectivity index (χ1n) is 10.5. The van der Waals surface area contributed by atoms with Gasteiger partial charge >= 0.3 is 0 Å². The second-order valence-electron chi connectivity index (χ2n) is 8.49. The number of anilines is 1. The lowest BCUT2D eigenvalue weighted by molar-refractivity contribution is 0.189. The standard InChI is InChI=1S/C22H29ClN6S/c1-5-22(3,4)29-21(24-25-26-29)20(19-7-6-14-30-19)28-12-10-27(11-13-28)18-15-17(23)9-8-16(18)2/h6-9,14-15,20H,5,10-13H2,1-4H3/t20-/m0/s1. The van der Waals surface area contributed by atoms with Crippen LogP contribution in [0.2, 0.25) is 5.02 Å². The Morgan fingerprint density at radius 2 is 1.93 bits per heavy atom. The minimum absolute atomic E-state index is 0.0634. The highest BCUT2D eigenvalue weighted by molar-refractivity contribution is 7.10. The number of piperazine rings is 1. The zero-order valence-corrected chi connectivity index (χ0v) is 19.6. The molecule has 160 valence electrons. The second-order valence-corrected chi connectivity index (χ2v) is 9.90. The van der Waals surface area contributed by atoms with Gasteiger partial charge in [0.05, 0.1) is 5.54 Å². The highest BCUT2D eigenvalue weighted by Gasteiger charge is 2.34. The summed E-state index contributed by atoms with van der Waals surface area (Å²) in [5, 5.41) is 15.9. The second kappa shape index (κ2) is 8.65. The van der Waals surface area contributed by atoms with Crippen LogP contribution in [0.25, 0.3) is 0 Å². The van der Waals surface area contributed by atoms with E-state index < -0.39 is 0 Å². The molecule has 0 amide bonds. The summed E-state index contributed by atoms with van der Waals surface area (Å²) in [6, 6.07) is 10.5. The molecule has 3 heterocycles. The number of benzene rings is 1. The van der Waals surface area contributed by atoms with Crippen LogP contribution in [0.3, 0.4) is 0 Å². The van der Waals surface area contributed by atoms with Crippen LogP contribution in [0.1, 0.15) is 49.5 Å². The van der Waals surface area contributed by atoms with Crippen molar-refractivity contribution in [1.82, 2.24) is 25.1 Å². The van der Waals surface area contributed by atoms with E-state index in [2.05, 4.69) is 82.7 Å². The molecule has 1 aliphatic rings. The zero-order valence-electron chi connectivity index (χ0n) is 18.0. The molecule has 1 aliphatic heterocycles. The Hall–Kier alpha value is -1.96. The maximum Gasteiger partial charge on any atom is 0.174 e. The third kappa shape index (κ3) is 4.11. The van der Waals surface area contributed by atoms with Crippen molar-refractivity contribution in [3.63, 3.8) is 0 Å². The molecule has 0 spiro atoms. The summed E-state index contributed by atoms with van der Waals surface area (Å²) in [7, 11) is 0. The van der Waals surface area contributed by atoms with Crippen molar-refractivity contribution in [1.29, 1.82) is 0 Å². The van der Waals surface area contributed by atoms with Crippen LogP contribution in [0, 0.1) is 6.92 Å². The molecule has 3 aromatic rings. The van der Waals surface area contributed by atoms with E-state index in [-0.39, 0.29) is 11.6 Å². The number of thiophene rings is 1. The van der Waals surface area contributed by atoms with E-state index in [1.165, 1.54) is 16.1 Å². The molecule has 0 saturated carbocycles. The fourth-order valence-corrected chi connectivity index (χ4v) is 5.03. The molecular formula is C22H29ClN6S. The minimum Gasteiger partial charge on any atom is -0.369 e. The summed E-state index contributed by atoms with van der Waals surface area (Å²) >= 11 is 8.03. The van der Waals surface area contributed by atoms with Crippen LogP contribution in [0.4, 0.5) is 5.69 Å². The zero-order chi connectivity index (χ0) is 21.3. The Balaban J connectivity index is 1.61. The van der Waals surface area contributed by atoms with Crippen molar-refractivity contribution >= 4 is 28.6 Å². The number of aryl methyl sites for hydroxylation is 1. The molecule has 1 saturated heterocycles. The number of halogens is 1. The average Bonchev–Trinajstić information content (AvgIpc) is 3.44. The predicted molar refractivity (Wildman–Crippen MR) is 124 cm³/mol. The third-order valence-corrected chi connectivity index (χ3v) is 7.34. The van der Waals surface area contributed by atoms with Crippen molar-refractivity contribution in [2.45, 2.75) is 45.7 Å². The number of tetrazole rings is 1. The van der Waals surface area contributed by atoms with E-state index >= 15 is 0 Å². The van der Waals surface area contributed by atoms with Gasteiger partial charge in [0, 0.05) is 41.8 Å². The maximum absolute atomic E-state index is 6.26. The van der Waals surface area contributed by atoms with E-state index in [4.69, 9.17) is 11.6 Å². The number of hydrogen-bond acceptors (Lipinski definition) is 6. The Labute approximate surface area is 187 Å². The van der Waals surface area contributed by atoms with Gasteiger partial charge in [-0.05, 0) is 66.8 Å². The SMILES string of the molecule is CCC(C)(C)n1nnnc1[C@H](c1cccs1)N1CCN(c2cc(Cl)ccc2C)CC1. The van der Waals surface area contributed by atoms with Gasteiger partial charge in [0.2, 0.25) is 0 Å². The maximum atomic E-state index is 6.26. The fraction of sp³-hybridized carbons (Fsp3) is 0.500. The Bertz CT molecular complexity index is 975. The monoisotopic (exact) mass is 444 g/mol. The van der Waals surface area contributed by atoms with Crippen LogP contribution in [0.15, 0.2) is 35.7 Å². The highest BCUT2D eigenvalue weighted by atomic mass is 35.5. The fourth-order valence-electron chi connectivity index (χ4n) is 4.01. The van der Waals surface area contributed by atoms with Gasteiger partial charge in [-0.15, -0.1) is 16.4 Å². The lowest BCUT2D eigenvalue weighted by Gasteiger charge is -2.40. The van der Waals surface area contributed by atoms with Gasteiger partial charge < -0.3 is 4.90 Å². The number of aromatic nitrogens is 4. The van der Waals surface area contributed by atoms with Gasteiger partial charge in [-0.25, -0.2) is 4.68 Å². The van der Waals surface area contributed by atoms with Gasteiger partial charge in [-0.3, -0.25) is 4.90 Å². The highest BCUT2D eigenvalue weighted by Crippen LogP contribution is 2.34. The van der Waals surface area contributed by atoms with Gasteiger partial charge in [-0.1, -0.05) is 30.7 Å². The van der Waals surface area contributed by atoms with Gasteiger partial charge in [-0.2, -0.15) is 0 Å². The van der Waals surface area contributed by atoms with Crippen molar-refractivity contribution in [2.75, 3.05) is 31.1 Å². The molecule has 6 nitrogen and oxygen atoms in total. The molecule has 1 atom stereocenters. The molecule has 1 aromatic carbocycles. The van der Waals surface area contributed by atoms with Gasteiger partial charge in [0.15, 0.2) is 5.82 Å². The molecule has 0 N–H and O–H groups in total. The van der Waals surface area contributed by atoms with Crippen molar-refractivity contribution < 1.29 is 0 Å². The van der Waals surface area contributed by atoms with Crippen LogP contribution < -0.4 is 4.90 Å². The van der Waals surface area contributed by atoms with E-state index in [0.717, 1.165) is 43.4 Å². The van der Waals surface area contributed by atoms with Crippen molar-refractivity contribution in [3.05, 3.63) is 57.0 Å². The number of nitrogens with zero attached hydrogens (tertiary/aromatic N) is 6. The summed E-state index contributed by atoms with van der Waals surface area (Å²) in [6.45, 7) is 12.5. The molecule has 4 rings (SSSR count). The molecule has 0 bridgehead atoms. The molecule has 2 aromatic heterocycles. The topological polar surface area (TPSA) is 50.1 Å². The van der Waals surface area contributed by atoms with Crippen LogP contribution in [-0.2, 0) is 5.54 Å². The summed E-state index contributed by atoms with van der Waals surface area (Å²) in [5.74, 6) is 0.927. The molecule has 0 unspecified atom stereocenters. The summed E-state index contributed by atoms with van der Waals surface area (Å²) in [6.07, 6.45) is 0.962. The van der Waals surface area contributed by atoms with Crippen LogP contribution >= 0.6 is 22.9 Å². The number of hydrogen-bond donors (Lipinski definition) is 0. The summed E-state index contributed by atoms with van der Waals surface area (Å²) in [4.78, 5) is 6.23. The van der Waals surface area contributed by atoms with E-state index in [0.29, 0.717) is 0 Å². The summed E-state index contributed by atoms with van der Waals surface area (Å²) in [5.41, 5.74) is 2.36. The van der Waals surface area contributed by atoms with E-state index in [9.17, 15) is 0 Å². The van der Waals surface area contributed by atoms with Crippen LogP contribution in [-0.4, -0.2) is 51.3 Å². The molecule has 8 heteroatoms. The Morgan fingerprint density at radius 3 is 2.60 bits per heavy atom. The first-order valence-corrected chi connectivity index (χ1v) is 11.7. The molecular weight excluding hydrogens is 416 g/mol. The number of rotatable bonds is 6. The lowest BCUT2D eigenvalue weighted by atomic mass is 10.0. The molecule has 0 aliphatic carbocycles. The third-order valence-electron chi connectivity index (χ3n) is 6.18. The van der Waals surface area contributed by atoms with Crippen molar-refractivity contribution in [2.24, 2.45) is 0 Å². The Morgan fingerprint density at radius 1 is 1.17 bits per heavy atom. The molecule has 1 fully saturated rings. The summed E-state index contributed by atoms with van der Waals surface area (Å²) < 4.78 is 2.02.